The molecule has 0 aliphatic carbocycles. The van der Waals surface area contributed by atoms with Gasteiger partial charge in [-0.3, -0.25) is 4.79 Å². The highest BCUT2D eigenvalue weighted by molar-refractivity contribution is 8.13. The van der Waals surface area contributed by atoms with E-state index in [9.17, 15) is 4.79 Å². The van der Waals surface area contributed by atoms with E-state index in [1.807, 2.05) is 11.8 Å². The summed E-state index contributed by atoms with van der Waals surface area (Å²) in [5.41, 5.74) is 0. The Morgan fingerprint density at radius 3 is 2.40 bits per heavy atom. The van der Waals surface area contributed by atoms with Gasteiger partial charge in [-0.15, -0.1) is 0 Å². The molecule has 0 unspecified atom stereocenters. The van der Waals surface area contributed by atoms with Gasteiger partial charge in [0.05, 0.1) is 0 Å². The molecule has 0 rings (SSSR count). The molecule has 0 aromatic carbocycles. The van der Waals surface area contributed by atoms with Gasteiger partial charge in [0.15, 0.2) is 5.12 Å². The fraction of sp³-hybridized carbons (Fsp3) is 0.857. The van der Waals surface area contributed by atoms with Crippen molar-refractivity contribution in [3.05, 3.63) is 0 Å². The SMILES string of the molecule is CSCCCCSC(C)=O. The lowest BCUT2D eigenvalue weighted by atomic mass is 10.4. The molecule has 0 heterocycles. The Hall–Kier alpha value is 0.370. The van der Waals surface area contributed by atoms with Gasteiger partial charge in [-0.05, 0) is 24.9 Å². The Kier molecular flexibility index (Phi) is 7.75. The van der Waals surface area contributed by atoms with E-state index in [4.69, 9.17) is 0 Å². The quantitative estimate of drug-likeness (QED) is 0.602. The predicted octanol–water partition coefficient (Wildman–Crippen LogP) is 2.41. The van der Waals surface area contributed by atoms with E-state index in [-0.39, 0.29) is 5.12 Å². The molecular weight excluding hydrogens is 164 g/mol. The van der Waals surface area contributed by atoms with Gasteiger partial charge in [-0.2, -0.15) is 11.8 Å². The normalized spacial score (nSPS) is 9.80. The van der Waals surface area contributed by atoms with E-state index in [1.165, 1.54) is 30.4 Å². The van der Waals surface area contributed by atoms with Crippen molar-refractivity contribution in [2.45, 2.75) is 19.8 Å². The number of hydrogen-bond acceptors (Lipinski definition) is 3. The van der Waals surface area contributed by atoms with E-state index in [2.05, 4.69) is 6.26 Å². The molecule has 0 bridgehead atoms. The van der Waals surface area contributed by atoms with Crippen molar-refractivity contribution < 1.29 is 4.79 Å². The second-order valence-electron chi connectivity index (χ2n) is 2.04. The lowest BCUT2D eigenvalue weighted by molar-refractivity contribution is -0.109. The van der Waals surface area contributed by atoms with Crippen LogP contribution in [0.3, 0.4) is 0 Å². The average Bonchev–Trinajstić information content (AvgIpc) is 1.87. The first-order chi connectivity index (χ1) is 4.77. The van der Waals surface area contributed by atoms with Gasteiger partial charge >= 0.3 is 0 Å². The van der Waals surface area contributed by atoms with Crippen LogP contribution in [0.4, 0.5) is 0 Å². The number of rotatable bonds is 5. The number of carbonyl (C=O) groups is 1. The number of carbonyl (C=O) groups excluding carboxylic acids is 1. The average molecular weight is 178 g/mol. The Morgan fingerprint density at radius 2 is 1.90 bits per heavy atom. The van der Waals surface area contributed by atoms with Crippen LogP contribution in [0.1, 0.15) is 19.8 Å². The summed E-state index contributed by atoms with van der Waals surface area (Å²) in [5, 5.41) is 0.240. The molecule has 0 aliphatic rings. The number of thioether (sulfide) groups is 2. The Bertz CT molecular complexity index is 93.6. The van der Waals surface area contributed by atoms with Crippen LogP contribution in [-0.4, -0.2) is 22.9 Å². The molecule has 0 amide bonds. The summed E-state index contributed by atoms with van der Waals surface area (Å²) in [6.07, 6.45) is 4.52. The van der Waals surface area contributed by atoms with E-state index in [0.29, 0.717) is 0 Å². The molecule has 10 heavy (non-hydrogen) atoms. The zero-order valence-electron chi connectivity index (χ0n) is 6.55. The standard InChI is InChI=1S/C7H14OS2/c1-7(8)10-6-4-3-5-9-2/h3-6H2,1-2H3. The first kappa shape index (κ1) is 10.4. The molecule has 0 aliphatic heterocycles. The lowest BCUT2D eigenvalue weighted by Gasteiger charge is -1.95. The second kappa shape index (κ2) is 7.48. The molecule has 0 atom stereocenters. The van der Waals surface area contributed by atoms with Gasteiger partial charge in [0, 0.05) is 12.7 Å². The predicted molar refractivity (Wildman–Crippen MR) is 50.8 cm³/mol. The zero-order chi connectivity index (χ0) is 7.82. The summed E-state index contributed by atoms with van der Waals surface area (Å²) in [4.78, 5) is 10.4. The highest BCUT2D eigenvalue weighted by Crippen LogP contribution is 2.07. The van der Waals surface area contributed by atoms with Crippen LogP contribution in [0.25, 0.3) is 0 Å². The van der Waals surface area contributed by atoms with Crippen molar-refractivity contribution in [3.63, 3.8) is 0 Å². The molecule has 0 spiro atoms. The van der Waals surface area contributed by atoms with Crippen LogP contribution >= 0.6 is 23.5 Å². The summed E-state index contributed by atoms with van der Waals surface area (Å²) in [7, 11) is 0. The Labute approximate surface area is 71.3 Å². The van der Waals surface area contributed by atoms with Crippen molar-refractivity contribution in [2.24, 2.45) is 0 Å². The first-order valence-corrected chi connectivity index (χ1v) is 5.77. The third-order valence-corrected chi connectivity index (χ3v) is 2.64. The monoisotopic (exact) mass is 178 g/mol. The topological polar surface area (TPSA) is 17.1 Å². The van der Waals surface area contributed by atoms with Crippen molar-refractivity contribution in [2.75, 3.05) is 17.8 Å². The minimum Gasteiger partial charge on any atom is -0.288 e. The molecule has 0 radical (unpaired) electrons. The van der Waals surface area contributed by atoms with Crippen LogP contribution in [0, 0.1) is 0 Å². The van der Waals surface area contributed by atoms with Crippen LogP contribution in [0.15, 0.2) is 0 Å². The summed E-state index contributed by atoms with van der Waals surface area (Å²) >= 11 is 3.30. The van der Waals surface area contributed by atoms with Crippen LogP contribution < -0.4 is 0 Å². The minimum atomic E-state index is 0.240. The summed E-state index contributed by atoms with van der Waals surface area (Å²) in [6, 6.07) is 0. The number of unbranched alkanes of at least 4 members (excludes halogenated alkanes) is 1. The highest BCUT2D eigenvalue weighted by Gasteiger charge is 1.92. The molecule has 0 N–H and O–H groups in total. The maximum atomic E-state index is 10.4. The van der Waals surface area contributed by atoms with Crippen molar-refractivity contribution in [1.82, 2.24) is 0 Å². The molecule has 0 aromatic heterocycles. The minimum absolute atomic E-state index is 0.240. The molecule has 0 saturated heterocycles. The summed E-state index contributed by atoms with van der Waals surface area (Å²) < 4.78 is 0. The Balaban J connectivity index is 2.84. The van der Waals surface area contributed by atoms with Crippen LogP contribution in [0.5, 0.6) is 0 Å². The third-order valence-electron chi connectivity index (χ3n) is 1.05. The second-order valence-corrected chi connectivity index (χ2v) is 4.30. The van der Waals surface area contributed by atoms with Crippen molar-refractivity contribution >= 4 is 28.6 Å². The van der Waals surface area contributed by atoms with Crippen molar-refractivity contribution in [3.8, 4) is 0 Å². The van der Waals surface area contributed by atoms with E-state index >= 15 is 0 Å². The molecule has 3 heteroatoms. The van der Waals surface area contributed by atoms with E-state index < -0.39 is 0 Å². The molecule has 0 saturated carbocycles. The molecule has 0 aromatic rings. The Morgan fingerprint density at radius 1 is 1.30 bits per heavy atom. The van der Waals surface area contributed by atoms with Crippen LogP contribution in [-0.2, 0) is 4.79 Å². The number of hydrogen-bond donors (Lipinski definition) is 0. The maximum Gasteiger partial charge on any atom is 0.185 e. The summed E-state index contributed by atoms with van der Waals surface area (Å²) in [6.45, 7) is 1.62. The van der Waals surface area contributed by atoms with E-state index in [1.54, 1.807) is 6.92 Å². The van der Waals surface area contributed by atoms with Crippen LogP contribution in [0.2, 0.25) is 0 Å². The van der Waals surface area contributed by atoms with Gasteiger partial charge in [0.25, 0.3) is 0 Å². The maximum absolute atomic E-state index is 10.4. The van der Waals surface area contributed by atoms with Gasteiger partial charge in [0.1, 0.15) is 0 Å². The zero-order valence-corrected chi connectivity index (χ0v) is 8.19. The summed E-state index contributed by atoms with van der Waals surface area (Å²) in [5.74, 6) is 2.22. The fourth-order valence-electron chi connectivity index (χ4n) is 0.564. The van der Waals surface area contributed by atoms with Gasteiger partial charge in [-0.25, -0.2) is 0 Å². The third kappa shape index (κ3) is 8.37. The first-order valence-electron chi connectivity index (χ1n) is 3.39. The molecule has 1 nitrogen and oxygen atoms in total. The van der Waals surface area contributed by atoms with Gasteiger partial charge in [-0.1, -0.05) is 11.8 Å². The molecular formula is C7H14OS2. The van der Waals surface area contributed by atoms with Crippen molar-refractivity contribution in [1.29, 1.82) is 0 Å². The molecule has 0 fully saturated rings. The van der Waals surface area contributed by atoms with Gasteiger partial charge < -0.3 is 0 Å². The largest absolute Gasteiger partial charge is 0.288 e. The van der Waals surface area contributed by atoms with E-state index in [0.717, 1.165) is 5.75 Å². The van der Waals surface area contributed by atoms with Gasteiger partial charge in [0.2, 0.25) is 0 Å². The fourth-order valence-corrected chi connectivity index (χ4v) is 1.69. The lowest BCUT2D eigenvalue weighted by Crippen LogP contribution is -1.87. The highest BCUT2D eigenvalue weighted by atomic mass is 32.2. The molecule has 60 valence electrons. The smallest absolute Gasteiger partial charge is 0.185 e.